The smallest absolute Gasteiger partial charge is 0.273 e. The van der Waals surface area contributed by atoms with Crippen molar-refractivity contribution in [3.8, 4) is 0 Å². The Labute approximate surface area is 200 Å². The Balaban J connectivity index is 1.52. The van der Waals surface area contributed by atoms with Crippen LogP contribution in [0, 0.1) is 12.8 Å². The van der Waals surface area contributed by atoms with Crippen molar-refractivity contribution in [1.29, 1.82) is 0 Å². The van der Waals surface area contributed by atoms with Gasteiger partial charge in [-0.05, 0) is 50.3 Å². The summed E-state index contributed by atoms with van der Waals surface area (Å²) in [5.74, 6) is 0.666. The third-order valence-electron chi connectivity index (χ3n) is 5.63. The number of rotatable bonds is 6. The number of hydrogen-bond acceptors (Lipinski definition) is 7. The number of benzene rings is 1. The molecule has 7 nitrogen and oxygen atoms in total. The van der Waals surface area contributed by atoms with Crippen molar-refractivity contribution in [2.75, 3.05) is 29.1 Å². The molecule has 170 valence electrons. The summed E-state index contributed by atoms with van der Waals surface area (Å²) in [6.45, 7) is 8.46. The summed E-state index contributed by atoms with van der Waals surface area (Å²) in [7, 11) is 0. The van der Waals surface area contributed by atoms with Gasteiger partial charge in [-0.2, -0.15) is 4.98 Å². The van der Waals surface area contributed by atoms with E-state index < -0.39 is 0 Å². The van der Waals surface area contributed by atoms with Crippen molar-refractivity contribution >= 4 is 61.8 Å². The minimum absolute atomic E-state index is 0.0974. The third kappa shape index (κ3) is 4.94. The molecule has 2 aromatic heterocycles. The van der Waals surface area contributed by atoms with Crippen LogP contribution >= 0.6 is 34.7 Å². The maximum atomic E-state index is 13.1. The number of aromatic nitrogens is 3. The fourth-order valence-corrected chi connectivity index (χ4v) is 5.64. The number of halogens is 1. The molecular weight excluding hydrogens is 466 g/mol. The Hall–Kier alpha value is -2.10. The van der Waals surface area contributed by atoms with Gasteiger partial charge in [-0.15, -0.1) is 0 Å². The summed E-state index contributed by atoms with van der Waals surface area (Å²) in [4.78, 5) is 37.1. The van der Waals surface area contributed by atoms with E-state index in [0.29, 0.717) is 32.8 Å². The molecule has 0 aliphatic carbocycles. The molecule has 0 spiro atoms. The van der Waals surface area contributed by atoms with Gasteiger partial charge in [0.2, 0.25) is 5.91 Å². The molecule has 10 heteroatoms. The summed E-state index contributed by atoms with van der Waals surface area (Å²) in [5.41, 5.74) is 1.96. The molecule has 0 saturated carbocycles. The first-order chi connectivity index (χ1) is 15.4. The van der Waals surface area contributed by atoms with Gasteiger partial charge in [0, 0.05) is 30.3 Å². The lowest BCUT2D eigenvalue weighted by Gasteiger charge is -2.29. The van der Waals surface area contributed by atoms with E-state index in [1.165, 1.54) is 23.1 Å². The van der Waals surface area contributed by atoms with Gasteiger partial charge in [0.25, 0.3) is 5.56 Å². The first-order valence-electron chi connectivity index (χ1n) is 10.7. The number of aryl methyl sites for hydroxylation is 1. The molecule has 1 aliphatic heterocycles. The van der Waals surface area contributed by atoms with Crippen molar-refractivity contribution < 1.29 is 4.79 Å². The van der Waals surface area contributed by atoms with Crippen molar-refractivity contribution in [1.82, 2.24) is 14.5 Å². The molecule has 0 radical (unpaired) electrons. The topological polar surface area (TPSA) is 80.1 Å². The van der Waals surface area contributed by atoms with Crippen LogP contribution in [0.2, 0.25) is 5.02 Å². The molecule has 4 rings (SSSR count). The quantitative estimate of drug-likeness (QED) is 0.394. The maximum Gasteiger partial charge on any atom is 0.273 e. The lowest BCUT2D eigenvalue weighted by atomic mass is 10.00. The summed E-state index contributed by atoms with van der Waals surface area (Å²) in [6, 6.07) is 5.40. The van der Waals surface area contributed by atoms with Crippen LogP contribution in [0.4, 0.5) is 10.8 Å². The second-order valence-electron chi connectivity index (χ2n) is 8.06. The fourth-order valence-electron chi connectivity index (χ4n) is 3.60. The predicted octanol–water partition coefficient (Wildman–Crippen LogP) is 4.80. The second-order valence-corrected chi connectivity index (χ2v) is 10.4. The largest absolute Gasteiger partial charge is 0.348 e. The summed E-state index contributed by atoms with van der Waals surface area (Å²) in [6.07, 6.45) is 2.26. The number of anilines is 2. The standard InChI is InChI=1S/C22H26ClN5O2S2/c1-4-28-20(30)18-19(25-21(32-18)27-9-7-13(2)8-10-27)26-22(28)31-12-17(29)24-15-6-5-14(3)16(23)11-15/h5-6,11,13H,4,7-10,12H2,1-3H3,(H,24,29). The lowest BCUT2D eigenvalue weighted by Crippen LogP contribution is -2.32. The number of nitrogens with zero attached hydrogens (tertiary/aromatic N) is 4. The van der Waals surface area contributed by atoms with Gasteiger partial charge >= 0.3 is 0 Å². The van der Waals surface area contributed by atoms with Gasteiger partial charge in [0.1, 0.15) is 4.70 Å². The summed E-state index contributed by atoms with van der Waals surface area (Å²) in [5, 5.41) is 4.80. The molecule has 0 atom stereocenters. The van der Waals surface area contributed by atoms with Crippen LogP contribution in [0.1, 0.15) is 32.3 Å². The number of nitrogens with one attached hydrogen (secondary N) is 1. The Morgan fingerprint density at radius 2 is 2.06 bits per heavy atom. The highest BCUT2D eigenvalue weighted by Gasteiger charge is 2.22. The van der Waals surface area contributed by atoms with Crippen LogP contribution in [0.15, 0.2) is 28.2 Å². The van der Waals surface area contributed by atoms with Crippen LogP contribution in [0.25, 0.3) is 10.3 Å². The Kier molecular flexibility index (Phi) is 7.07. The van der Waals surface area contributed by atoms with Gasteiger partial charge in [-0.3, -0.25) is 14.2 Å². The minimum atomic E-state index is -0.187. The molecule has 1 aromatic carbocycles. The highest BCUT2D eigenvalue weighted by atomic mass is 35.5. The van der Waals surface area contributed by atoms with Crippen LogP contribution in [0.5, 0.6) is 0 Å². The third-order valence-corrected chi connectivity index (χ3v) is 8.11. The number of fused-ring (bicyclic) bond motifs is 1. The van der Waals surface area contributed by atoms with Crippen LogP contribution in [0.3, 0.4) is 0 Å². The minimum Gasteiger partial charge on any atom is -0.348 e. The molecule has 3 heterocycles. The van der Waals surface area contributed by atoms with E-state index in [0.717, 1.165) is 42.5 Å². The van der Waals surface area contributed by atoms with E-state index in [1.54, 1.807) is 10.6 Å². The zero-order chi connectivity index (χ0) is 22.8. The molecule has 0 unspecified atom stereocenters. The average Bonchev–Trinajstić information content (AvgIpc) is 3.20. The van der Waals surface area contributed by atoms with E-state index >= 15 is 0 Å². The molecule has 1 saturated heterocycles. The maximum absolute atomic E-state index is 13.1. The van der Waals surface area contributed by atoms with Crippen LogP contribution in [-0.4, -0.2) is 39.3 Å². The van der Waals surface area contributed by atoms with Crippen molar-refractivity contribution in [2.45, 2.75) is 45.3 Å². The molecule has 1 amide bonds. The van der Waals surface area contributed by atoms with Gasteiger partial charge in [0.15, 0.2) is 15.9 Å². The van der Waals surface area contributed by atoms with E-state index in [1.807, 2.05) is 26.0 Å². The van der Waals surface area contributed by atoms with E-state index in [2.05, 4.69) is 27.1 Å². The lowest BCUT2D eigenvalue weighted by molar-refractivity contribution is -0.113. The van der Waals surface area contributed by atoms with Crippen molar-refractivity contribution in [3.05, 3.63) is 39.1 Å². The number of carbonyl (C=O) groups is 1. The highest BCUT2D eigenvalue weighted by Crippen LogP contribution is 2.30. The molecule has 1 aliphatic rings. The first-order valence-corrected chi connectivity index (χ1v) is 12.9. The van der Waals surface area contributed by atoms with E-state index in [9.17, 15) is 9.59 Å². The molecule has 3 aromatic rings. The Morgan fingerprint density at radius 1 is 1.31 bits per heavy atom. The molecule has 0 bridgehead atoms. The normalized spacial score (nSPS) is 14.8. The molecule has 1 N–H and O–H groups in total. The molecule has 1 fully saturated rings. The number of amides is 1. The Bertz CT molecular complexity index is 1200. The van der Waals surface area contributed by atoms with Crippen molar-refractivity contribution in [2.24, 2.45) is 5.92 Å². The average molecular weight is 492 g/mol. The summed E-state index contributed by atoms with van der Waals surface area (Å²) < 4.78 is 2.19. The highest BCUT2D eigenvalue weighted by molar-refractivity contribution is 7.99. The fraction of sp³-hybridized carbons (Fsp3) is 0.455. The zero-order valence-electron chi connectivity index (χ0n) is 18.4. The molecular formula is C22H26ClN5O2S2. The van der Waals surface area contributed by atoms with Gasteiger partial charge in [0.05, 0.1) is 5.75 Å². The Morgan fingerprint density at radius 3 is 2.75 bits per heavy atom. The van der Waals surface area contributed by atoms with Gasteiger partial charge in [-0.1, -0.05) is 47.7 Å². The number of thiazole rings is 1. The number of hydrogen-bond donors (Lipinski definition) is 1. The monoisotopic (exact) mass is 491 g/mol. The summed E-state index contributed by atoms with van der Waals surface area (Å²) >= 11 is 8.79. The SMILES string of the molecule is CCn1c(SCC(=O)Nc2ccc(C)c(Cl)c2)nc2nc(N3CCC(C)CC3)sc2c1=O. The molecule has 32 heavy (non-hydrogen) atoms. The van der Waals surface area contributed by atoms with Gasteiger partial charge in [-0.25, -0.2) is 4.98 Å². The second kappa shape index (κ2) is 9.80. The van der Waals surface area contributed by atoms with Crippen LogP contribution < -0.4 is 15.8 Å². The van der Waals surface area contributed by atoms with Crippen LogP contribution in [-0.2, 0) is 11.3 Å². The predicted molar refractivity (Wildman–Crippen MR) is 134 cm³/mol. The first kappa shape index (κ1) is 23.1. The zero-order valence-corrected chi connectivity index (χ0v) is 20.7. The van der Waals surface area contributed by atoms with E-state index in [-0.39, 0.29) is 17.2 Å². The number of carbonyl (C=O) groups excluding carboxylic acids is 1. The van der Waals surface area contributed by atoms with Crippen molar-refractivity contribution in [3.63, 3.8) is 0 Å². The van der Waals surface area contributed by atoms with Gasteiger partial charge < -0.3 is 10.2 Å². The number of piperidine rings is 1. The van der Waals surface area contributed by atoms with E-state index in [4.69, 9.17) is 11.6 Å². The number of thioether (sulfide) groups is 1.